The van der Waals surface area contributed by atoms with Crippen molar-refractivity contribution in [2.75, 3.05) is 18.1 Å². The van der Waals surface area contributed by atoms with Crippen LogP contribution in [0.2, 0.25) is 0 Å². The standard InChI is InChI=1S/C15H18N4O5/c1-10(17-14(21)12-6-2-3-7-13(12)15(17)22)23-19-18(24-19)16-8-4-5-11(20)9-16/h2-3,6-7,10-11,20H,4-5,8-9H2,1H3. The first-order chi connectivity index (χ1) is 11.6. The molecule has 1 aromatic heterocycles. The van der Waals surface area contributed by atoms with Gasteiger partial charge >= 0.3 is 0 Å². The molecule has 0 spiro atoms. The number of hydrogen-bond acceptors (Lipinski definition) is 6. The maximum absolute atomic E-state index is 12.4. The van der Waals surface area contributed by atoms with E-state index in [1.165, 1.54) is 4.96 Å². The highest BCUT2D eigenvalue weighted by molar-refractivity contribution is 6.21. The fourth-order valence-corrected chi connectivity index (χ4v) is 3.07. The minimum atomic E-state index is -0.822. The fourth-order valence-electron chi connectivity index (χ4n) is 3.07. The average Bonchev–Trinajstić information content (AvgIpc) is 3.28. The monoisotopic (exact) mass is 334 g/mol. The molecule has 0 bridgehead atoms. The molecule has 0 saturated carbocycles. The summed E-state index contributed by atoms with van der Waals surface area (Å²) in [5.74, 6) is -0.769. The van der Waals surface area contributed by atoms with Crippen LogP contribution in [0, 0.1) is 0 Å². The maximum atomic E-state index is 12.4. The van der Waals surface area contributed by atoms with E-state index in [-0.39, 0.29) is 11.8 Å². The summed E-state index contributed by atoms with van der Waals surface area (Å²) in [4.78, 5) is 32.7. The third-order valence-corrected chi connectivity index (χ3v) is 4.31. The van der Waals surface area contributed by atoms with Gasteiger partial charge in [-0.2, -0.15) is 4.63 Å². The first-order valence-electron chi connectivity index (χ1n) is 7.91. The van der Waals surface area contributed by atoms with E-state index in [1.807, 2.05) is 0 Å². The van der Waals surface area contributed by atoms with E-state index >= 15 is 0 Å². The minimum Gasteiger partial charge on any atom is -0.391 e. The molecule has 1 fully saturated rings. The second-order valence-electron chi connectivity index (χ2n) is 6.01. The molecule has 1 N–H and O–H groups in total. The highest BCUT2D eigenvalue weighted by atomic mass is 17.0. The van der Waals surface area contributed by atoms with Crippen LogP contribution in [0.1, 0.15) is 40.5 Å². The highest BCUT2D eigenvalue weighted by Gasteiger charge is 2.40. The Morgan fingerprint density at radius 1 is 1.25 bits per heavy atom. The summed E-state index contributed by atoms with van der Waals surface area (Å²) in [6, 6.07) is 6.68. The van der Waals surface area contributed by atoms with Gasteiger partial charge in [-0.1, -0.05) is 12.1 Å². The van der Waals surface area contributed by atoms with Gasteiger partial charge in [0.2, 0.25) is 6.23 Å². The predicted molar refractivity (Wildman–Crippen MR) is 80.9 cm³/mol. The van der Waals surface area contributed by atoms with Crippen LogP contribution in [0.15, 0.2) is 28.9 Å². The van der Waals surface area contributed by atoms with Crippen molar-refractivity contribution in [1.29, 1.82) is 0 Å². The summed E-state index contributed by atoms with van der Waals surface area (Å²) < 4.78 is 5.19. The smallest absolute Gasteiger partial charge is 0.264 e. The predicted octanol–water partition coefficient (Wildman–Crippen LogP) is 0.0461. The number of amides is 2. The molecule has 1 aromatic carbocycles. The topological polar surface area (TPSA) is 93.1 Å². The third-order valence-electron chi connectivity index (χ3n) is 4.31. The van der Waals surface area contributed by atoms with Crippen LogP contribution in [0.3, 0.4) is 0 Å². The minimum absolute atomic E-state index is 0.376. The third kappa shape index (κ3) is 2.37. The number of hydrogen-bond donors (Lipinski definition) is 1. The lowest BCUT2D eigenvalue weighted by Gasteiger charge is -2.26. The number of rotatable bonds is 4. The van der Waals surface area contributed by atoms with E-state index < -0.39 is 12.3 Å². The molecule has 128 valence electrons. The Hall–Kier alpha value is -2.68. The zero-order valence-electron chi connectivity index (χ0n) is 13.2. The molecular weight excluding hydrogens is 316 g/mol. The molecule has 3 heterocycles. The largest absolute Gasteiger partial charge is 0.391 e. The molecule has 1 saturated heterocycles. The molecule has 2 aliphatic rings. The van der Waals surface area contributed by atoms with Gasteiger partial charge in [0.05, 0.1) is 23.8 Å². The first-order valence-corrected chi connectivity index (χ1v) is 7.91. The number of carbonyl (C=O) groups is 2. The van der Waals surface area contributed by atoms with Crippen molar-refractivity contribution in [3.05, 3.63) is 35.4 Å². The van der Waals surface area contributed by atoms with Crippen molar-refractivity contribution in [3.63, 3.8) is 0 Å². The van der Waals surface area contributed by atoms with Crippen molar-refractivity contribution >= 4 is 11.8 Å². The Balaban J connectivity index is 1.44. The second kappa shape index (κ2) is 5.45. The van der Waals surface area contributed by atoms with Gasteiger partial charge in [0, 0.05) is 11.5 Å². The highest BCUT2D eigenvalue weighted by Crippen LogP contribution is 2.24. The van der Waals surface area contributed by atoms with Crippen LogP contribution in [-0.4, -0.2) is 57.2 Å². The lowest BCUT2D eigenvalue weighted by atomic mass is 10.1. The number of imide groups is 1. The summed E-state index contributed by atoms with van der Waals surface area (Å²) in [5, 5.41) is 12.6. The van der Waals surface area contributed by atoms with Crippen molar-refractivity contribution in [1.82, 2.24) is 14.9 Å². The van der Waals surface area contributed by atoms with Crippen LogP contribution in [0.25, 0.3) is 0 Å². The zero-order chi connectivity index (χ0) is 16.8. The van der Waals surface area contributed by atoms with Crippen molar-refractivity contribution in [2.24, 2.45) is 0 Å². The van der Waals surface area contributed by atoms with Gasteiger partial charge in [-0.25, -0.2) is 4.90 Å². The maximum Gasteiger partial charge on any atom is 0.264 e. The van der Waals surface area contributed by atoms with Gasteiger partial charge < -0.3 is 9.94 Å². The molecule has 2 amide bonds. The number of aliphatic hydroxyl groups excluding tert-OH is 1. The number of aromatic nitrogens is 2. The second-order valence-corrected chi connectivity index (χ2v) is 6.01. The van der Waals surface area contributed by atoms with Crippen LogP contribution in [-0.2, 0) is 0 Å². The number of aliphatic hydroxyl groups is 1. The van der Waals surface area contributed by atoms with Crippen LogP contribution < -0.4 is 9.85 Å². The number of β-amino-alcohol motifs (C(OH)–C–C–N with tert-alkyl or cyclic N) is 1. The molecule has 2 atom stereocenters. The Labute approximate surface area is 137 Å². The molecule has 2 unspecified atom stereocenters. The SMILES string of the molecule is CC(On1on1N1CCCC(O)C1)N1C(=O)c2ccccc2C1=O. The van der Waals surface area contributed by atoms with Crippen molar-refractivity contribution in [3.8, 4) is 0 Å². The first kappa shape index (κ1) is 14.9. The van der Waals surface area contributed by atoms with Gasteiger partial charge in [0.15, 0.2) is 0 Å². The Bertz CT molecular complexity index is 740. The van der Waals surface area contributed by atoms with E-state index in [4.69, 9.17) is 9.47 Å². The van der Waals surface area contributed by atoms with E-state index in [0.29, 0.717) is 17.7 Å². The Kier molecular flexibility index (Phi) is 3.38. The molecule has 2 aliphatic heterocycles. The number of fused-ring (bicyclic) bond motifs is 1. The molecule has 0 radical (unpaired) electrons. The van der Waals surface area contributed by atoms with E-state index in [2.05, 4.69) is 0 Å². The van der Waals surface area contributed by atoms with Gasteiger partial charge in [0.1, 0.15) is 5.02 Å². The molecule has 24 heavy (non-hydrogen) atoms. The lowest BCUT2D eigenvalue weighted by molar-refractivity contribution is -0.0575. The van der Waals surface area contributed by atoms with Crippen molar-refractivity contribution < 1.29 is 24.2 Å². The molecule has 0 aliphatic carbocycles. The van der Waals surface area contributed by atoms with Crippen molar-refractivity contribution in [2.45, 2.75) is 32.1 Å². The van der Waals surface area contributed by atoms with Gasteiger partial charge in [-0.15, -0.1) is 0 Å². The number of carbonyl (C=O) groups excluding carboxylic acids is 2. The fraction of sp³-hybridized carbons (Fsp3) is 0.467. The summed E-state index contributed by atoms with van der Waals surface area (Å²) in [7, 11) is 0. The van der Waals surface area contributed by atoms with E-state index in [1.54, 1.807) is 36.2 Å². The Morgan fingerprint density at radius 3 is 2.54 bits per heavy atom. The van der Waals surface area contributed by atoms with Gasteiger partial charge in [0.25, 0.3) is 11.8 Å². The number of benzene rings is 1. The summed E-state index contributed by atoms with van der Waals surface area (Å²) in [6.45, 7) is 2.78. The molecule has 4 rings (SSSR count). The molecule has 2 aromatic rings. The van der Waals surface area contributed by atoms with Gasteiger partial charge in [-0.05, 0) is 31.9 Å². The number of nitrogens with zero attached hydrogens (tertiary/aromatic N) is 4. The van der Waals surface area contributed by atoms with Crippen LogP contribution in [0.5, 0.6) is 0 Å². The number of piperidine rings is 1. The summed E-state index contributed by atoms with van der Waals surface area (Å²) >= 11 is 0. The lowest BCUT2D eigenvalue weighted by Crippen LogP contribution is -2.46. The van der Waals surface area contributed by atoms with E-state index in [9.17, 15) is 14.7 Å². The molecule has 9 nitrogen and oxygen atoms in total. The molecule has 9 heteroatoms. The summed E-state index contributed by atoms with van der Waals surface area (Å²) in [6.07, 6.45) is 0.384. The van der Waals surface area contributed by atoms with Crippen LogP contribution >= 0.6 is 0 Å². The average molecular weight is 334 g/mol. The molecular formula is C15H18N4O5. The van der Waals surface area contributed by atoms with Gasteiger partial charge in [-0.3, -0.25) is 14.6 Å². The van der Waals surface area contributed by atoms with Crippen LogP contribution in [0.4, 0.5) is 0 Å². The normalized spacial score (nSPS) is 22.2. The zero-order valence-corrected chi connectivity index (χ0v) is 13.2. The Morgan fingerprint density at radius 2 is 1.92 bits per heavy atom. The van der Waals surface area contributed by atoms with E-state index in [0.717, 1.165) is 29.3 Å². The quantitative estimate of drug-likeness (QED) is 0.794. The summed E-state index contributed by atoms with van der Waals surface area (Å²) in [5.41, 5.74) is 0.751.